The van der Waals surface area contributed by atoms with E-state index in [9.17, 15) is 4.79 Å². The number of amides is 2. The van der Waals surface area contributed by atoms with E-state index < -0.39 is 0 Å². The summed E-state index contributed by atoms with van der Waals surface area (Å²) in [6.07, 6.45) is 2.67. The third kappa shape index (κ3) is 3.34. The first-order chi connectivity index (χ1) is 11.1. The number of aromatic nitrogens is 1. The van der Waals surface area contributed by atoms with E-state index >= 15 is 0 Å². The van der Waals surface area contributed by atoms with Gasteiger partial charge in [-0.2, -0.15) is 0 Å². The van der Waals surface area contributed by atoms with Gasteiger partial charge in [0.15, 0.2) is 5.76 Å². The fraction of sp³-hybridized carbons (Fsp3) is 0.412. The van der Waals surface area contributed by atoms with Gasteiger partial charge in [0, 0.05) is 23.3 Å². The number of hydrogen-bond donors (Lipinski definition) is 1. The van der Waals surface area contributed by atoms with E-state index in [0.717, 1.165) is 42.0 Å². The van der Waals surface area contributed by atoms with Crippen LogP contribution in [-0.4, -0.2) is 22.6 Å². The lowest BCUT2D eigenvalue weighted by Gasteiger charge is -2.23. The molecule has 0 bridgehead atoms. The van der Waals surface area contributed by atoms with Crippen molar-refractivity contribution in [3.63, 3.8) is 0 Å². The van der Waals surface area contributed by atoms with E-state index in [1.54, 1.807) is 11.0 Å². The Balaban J connectivity index is 1.76. The number of anilines is 1. The van der Waals surface area contributed by atoms with E-state index in [0.29, 0.717) is 11.6 Å². The molecule has 1 atom stereocenters. The van der Waals surface area contributed by atoms with Crippen LogP contribution < -0.4 is 5.32 Å². The number of urea groups is 1. The minimum absolute atomic E-state index is 0.0534. The molecule has 1 saturated heterocycles. The van der Waals surface area contributed by atoms with Crippen molar-refractivity contribution in [1.29, 1.82) is 0 Å². The Morgan fingerprint density at radius 2 is 2.30 bits per heavy atom. The van der Waals surface area contributed by atoms with Crippen molar-refractivity contribution < 1.29 is 9.32 Å². The number of aryl methyl sites for hydroxylation is 2. The summed E-state index contributed by atoms with van der Waals surface area (Å²) in [5, 5.41) is 7.59. The standard InChI is InChI=1S/C17H20ClN3O2/c1-3-13-10-16(23-20-13)15-5-4-8-21(15)17(22)19-14-9-12(18)7-6-11(14)2/h6-7,9-10,15H,3-5,8H2,1-2H3,(H,19,22)/t15-/m1/s1. The summed E-state index contributed by atoms with van der Waals surface area (Å²) in [5.74, 6) is 0.761. The van der Waals surface area contributed by atoms with Crippen LogP contribution in [0.1, 0.15) is 42.8 Å². The van der Waals surface area contributed by atoms with Gasteiger partial charge in [-0.1, -0.05) is 29.7 Å². The molecule has 0 unspecified atom stereocenters. The van der Waals surface area contributed by atoms with Crippen LogP contribution in [0.2, 0.25) is 5.02 Å². The highest BCUT2D eigenvalue weighted by molar-refractivity contribution is 6.31. The van der Waals surface area contributed by atoms with E-state index in [2.05, 4.69) is 10.5 Å². The molecule has 5 nitrogen and oxygen atoms in total. The van der Waals surface area contributed by atoms with E-state index in [-0.39, 0.29) is 12.1 Å². The van der Waals surface area contributed by atoms with Crippen LogP contribution >= 0.6 is 11.6 Å². The first-order valence-corrected chi connectivity index (χ1v) is 8.25. The van der Waals surface area contributed by atoms with Crippen molar-refractivity contribution in [3.8, 4) is 0 Å². The molecule has 1 aliphatic rings. The van der Waals surface area contributed by atoms with Crippen LogP contribution in [0, 0.1) is 6.92 Å². The molecule has 3 rings (SSSR count). The highest BCUT2D eigenvalue weighted by atomic mass is 35.5. The van der Waals surface area contributed by atoms with Crippen LogP contribution in [-0.2, 0) is 6.42 Å². The van der Waals surface area contributed by atoms with Crippen LogP contribution in [0.3, 0.4) is 0 Å². The van der Waals surface area contributed by atoms with Gasteiger partial charge >= 0.3 is 6.03 Å². The van der Waals surface area contributed by atoms with Crippen molar-refractivity contribution in [3.05, 3.63) is 46.3 Å². The van der Waals surface area contributed by atoms with Crippen LogP contribution in [0.15, 0.2) is 28.8 Å². The van der Waals surface area contributed by atoms with Crippen molar-refractivity contribution in [2.75, 3.05) is 11.9 Å². The van der Waals surface area contributed by atoms with Gasteiger partial charge in [-0.15, -0.1) is 0 Å². The SMILES string of the molecule is CCc1cc([C@H]2CCCN2C(=O)Nc2cc(Cl)ccc2C)on1. The molecule has 2 aromatic rings. The maximum atomic E-state index is 12.6. The Hall–Kier alpha value is -2.01. The molecule has 2 amide bonds. The second kappa shape index (κ2) is 6.62. The van der Waals surface area contributed by atoms with Crippen LogP contribution in [0.4, 0.5) is 10.5 Å². The van der Waals surface area contributed by atoms with E-state index in [1.807, 2.05) is 32.0 Å². The van der Waals surface area contributed by atoms with Crippen molar-refractivity contribution >= 4 is 23.3 Å². The third-order valence-corrected chi connectivity index (χ3v) is 4.46. The van der Waals surface area contributed by atoms with Gasteiger partial charge in [0.05, 0.1) is 11.7 Å². The number of rotatable bonds is 3. The third-order valence-electron chi connectivity index (χ3n) is 4.22. The maximum Gasteiger partial charge on any atom is 0.322 e. The Labute approximate surface area is 140 Å². The Bertz CT molecular complexity index is 714. The predicted octanol–water partition coefficient (Wildman–Crippen LogP) is 4.57. The van der Waals surface area contributed by atoms with Gasteiger partial charge in [0.25, 0.3) is 0 Å². The molecule has 1 fully saturated rings. The zero-order valence-electron chi connectivity index (χ0n) is 13.3. The summed E-state index contributed by atoms with van der Waals surface area (Å²) in [5.41, 5.74) is 2.63. The van der Waals surface area contributed by atoms with Gasteiger partial charge in [-0.25, -0.2) is 4.79 Å². The summed E-state index contributed by atoms with van der Waals surface area (Å²) in [7, 11) is 0. The van der Waals surface area contributed by atoms with Crippen LogP contribution in [0.5, 0.6) is 0 Å². The lowest BCUT2D eigenvalue weighted by atomic mass is 10.1. The minimum atomic E-state index is -0.132. The first kappa shape index (κ1) is 15.9. The Kier molecular flexibility index (Phi) is 4.57. The van der Waals surface area contributed by atoms with Crippen LogP contribution in [0.25, 0.3) is 0 Å². The Morgan fingerprint density at radius 3 is 3.04 bits per heavy atom. The quantitative estimate of drug-likeness (QED) is 0.895. The number of halogens is 1. The smallest absolute Gasteiger partial charge is 0.322 e. The highest BCUT2D eigenvalue weighted by Gasteiger charge is 2.33. The highest BCUT2D eigenvalue weighted by Crippen LogP contribution is 2.33. The topological polar surface area (TPSA) is 58.4 Å². The number of nitrogens with zero attached hydrogens (tertiary/aromatic N) is 2. The normalized spacial score (nSPS) is 17.5. The molecule has 122 valence electrons. The molecule has 2 heterocycles. The van der Waals surface area contributed by atoms with Gasteiger partial charge in [-0.3, -0.25) is 0 Å². The largest absolute Gasteiger partial charge is 0.359 e. The van der Waals surface area contributed by atoms with Crippen molar-refractivity contribution in [1.82, 2.24) is 10.1 Å². The summed E-state index contributed by atoms with van der Waals surface area (Å²) in [4.78, 5) is 14.5. The fourth-order valence-corrected chi connectivity index (χ4v) is 3.05. The molecule has 1 aliphatic heterocycles. The molecule has 23 heavy (non-hydrogen) atoms. The van der Waals surface area contributed by atoms with Crippen molar-refractivity contribution in [2.24, 2.45) is 0 Å². The number of hydrogen-bond acceptors (Lipinski definition) is 3. The maximum absolute atomic E-state index is 12.6. The van der Waals surface area contributed by atoms with Gasteiger partial charge < -0.3 is 14.7 Å². The second-order valence-corrected chi connectivity index (χ2v) is 6.25. The molecule has 1 aromatic heterocycles. The molecule has 6 heteroatoms. The first-order valence-electron chi connectivity index (χ1n) is 7.87. The van der Waals surface area contributed by atoms with Crippen molar-refractivity contribution in [2.45, 2.75) is 39.2 Å². The fourth-order valence-electron chi connectivity index (χ4n) is 2.87. The van der Waals surface area contributed by atoms with Gasteiger partial charge in [-0.05, 0) is 43.9 Å². The monoisotopic (exact) mass is 333 g/mol. The summed E-state index contributed by atoms with van der Waals surface area (Å²) >= 11 is 6.02. The lowest BCUT2D eigenvalue weighted by molar-refractivity contribution is 0.195. The number of benzene rings is 1. The average molecular weight is 334 g/mol. The number of likely N-dealkylation sites (tertiary alicyclic amines) is 1. The lowest BCUT2D eigenvalue weighted by Crippen LogP contribution is -2.34. The zero-order chi connectivity index (χ0) is 16.4. The molecular weight excluding hydrogens is 314 g/mol. The molecule has 1 N–H and O–H groups in total. The summed E-state index contributed by atoms with van der Waals surface area (Å²) < 4.78 is 5.42. The van der Waals surface area contributed by atoms with E-state index in [1.165, 1.54) is 0 Å². The predicted molar refractivity (Wildman–Crippen MR) is 89.8 cm³/mol. The molecular formula is C17H20ClN3O2. The average Bonchev–Trinajstić information content (AvgIpc) is 3.18. The second-order valence-electron chi connectivity index (χ2n) is 5.81. The number of carbonyl (C=O) groups is 1. The minimum Gasteiger partial charge on any atom is -0.359 e. The summed E-state index contributed by atoms with van der Waals surface area (Å²) in [6, 6.07) is 7.23. The van der Waals surface area contributed by atoms with Gasteiger partial charge in [0.1, 0.15) is 0 Å². The molecule has 1 aromatic carbocycles. The summed E-state index contributed by atoms with van der Waals surface area (Å²) in [6.45, 7) is 4.68. The molecule has 0 saturated carbocycles. The molecule has 0 aliphatic carbocycles. The Morgan fingerprint density at radius 1 is 1.48 bits per heavy atom. The molecule has 0 radical (unpaired) electrons. The number of nitrogens with one attached hydrogen (secondary N) is 1. The number of carbonyl (C=O) groups excluding carboxylic acids is 1. The van der Waals surface area contributed by atoms with Gasteiger partial charge in [0.2, 0.25) is 0 Å². The zero-order valence-corrected chi connectivity index (χ0v) is 14.1. The molecule has 0 spiro atoms. The van der Waals surface area contributed by atoms with E-state index in [4.69, 9.17) is 16.1 Å².